The topological polar surface area (TPSA) is 41.1 Å². The molecule has 1 aromatic rings. The van der Waals surface area contributed by atoms with Crippen molar-refractivity contribution < 1.29 is 4.79 Å². The number of carbonyl (C=O) groups is 1. The molecular weight excluding hydrogens is 220 g/mol. The lowest BCUT2D eigenvalue weighted by Gasteiger charge is -2.15. The van der Waals surface area contributed by atoms with E-state index < -0.39 is 0 Å². The van der Waals surface area contributed by atoms with E-state index in [-0.39, 0.29) is 11.9 Å². The Balaban J connectivity index is 1.71. The first-order chi connectivity index (χ1) is 7.77. The Morgan fingerprint density at radius 2 is 2.56 bits per heavy atom. The fourth-order valence-electron chi connectivity index (χ4n) is 2.06. The molecule has 2 N–H and O–H groups in total. The molecule has 16 heavy (non-hydrogen) atoms. The molecule has 1 aliphatic rings. The van der Waals surface area contributed by atoms with Crippen LogP contribution >= 0.6 is 11.3 Å². The fourth-order valence-corrected chi connectivity index (χ4v) is 2.77. The van der Waals surface area contributed by atoms with Gasteiger partial charge in [-0.3, -0.25) is 4.79 Å². The summed E-state index contributed by atoms with van der Waals surface area (Å²) in [6, 6.07) is 4.17. The van der Waals surface area contributed by atoms with Gasteiger partial charge < -0.3 is 10.6 Å². The third kappa shape index (κ3) is 2.83. The predicted octanol–water partition coefficient (Wildman–Crippen LogP) is 1.40. The molecule has 2 atom stereocenters. The van der Waals surface area contributed by atoms with Crippen molar-refractivity contribution in [2.75, 3.05) is 13.1 Å². The molecule has 1 amide bonds. The first-order valence-corrected chi connectivity index (χ1v) is 6.69. The number of amides is 1. The van der Waals surface area contributed by atoms with Gasteiger partial charge in [0.25, 0.3) is 0 Å². The zero-order chi connectivity index (χ0) is 11.4. The third-order valence-electron chi connectivity index (χ3n) is 3.07. The molecule has 0 saturated carbocycles. The molecule has 1 saturated heterocycles. The van der Waals surface area contributed by atoms with Gasteiger partial charge in [0.1, 0.15) is 0 Å². The zero-order valence-electron chi connectivity index (χ0n) is 9.53. The lowest BCUT2D eigenvalue weighted by molar-refractivity contribution is -0.123. The minimum absolute atomic E-state index is 0.0170. The van der Waals surface area contributed by atoms with Gasteiger partial charge in [-0.2, -0.15) is 0 Å². The van der Waals surface area contributed by atoms with Crippen LogP contribution in [-0.4, -0.2) is 25.0 Å². The highest BCUT2D eigenvalue weighted by atomic mass is 32.1. The van der Waals surface area contributed by atoms with Gasteiger partial charge in [0.15, 0.2) is 0 Å². The molecule has 1 fully saturated rings. The Morgan fingerprint density at radius 3 is 3.19 bits per heavy atom. The Hall–Kier alpha value is -0.870. The van der Waals surface area contributed by atoms with Crippen LogP contribution in [0.3, 0.4) is 0 Å². The van der Waals surface area contributed by atoms with E-state index in [1.165, 1.54) is 4.88 Å². The van der Waals surface area contributed by atoms with Crippen LogP contribution in [0.2, 0.25) is 0 Å². The predicted molar refractivity (Wildman–Crippen MR) is 66.6 cm³/mol. The molecule has 3 nitrogen and oxygen atoms in total. The number of hydrogen-bond donors (Lipinski definition) is 2. The van der Waals surface area contributed by atoms with Gasteiger partial charge in [-0.15, -0.1) is 11.3 Å². The van der Waals surface area contributed by atoms with E-state index in [1.807, 2.05) is 6.07 Å². The van der Waals surface area contributed by atoms with Gasteiger partial charge in [-0.25, -0.2) is 0 Å². The number of nitrogens with one attached hydrogen (secondary N) is 2. The first-order valence-electron chi connectivity index (χ1n) is 5.81. The summed E-state index contributed by atoms with van der Waals surface area (Å²) in [4.78, 5) is 13.1. The molecule has 1 aromatic heterocycles. The van der Waals surface area contributed by atoms with Crippen molar-refractivity contribution in [1.29, 1.82) is 0 Å². The van der Waals surface area contributed by atoms with Gasteiger partial charge in [-0.05, 0) is 36.8 Å². The van der Waals surface area contributed by atoms with Crippen molar-refractivity contribution in [1.82, 2.24) is 10.6 Å². The second-order valence-corrected chi connectivity index (χ2v) is 5.35. The maximum atomic E-state index is 11.8. The Bertz CT molecular complexity index is 337. The highest BCUT2D eigenvalue weighted by Crippen LogP contribution is 2.14. The lowest BCUT2D eigenvalue weighted by Crippen LogP contribution is -2.43. The van der Waals surface area contributed by atoms with Crippen LogP contribution in [0.4, 0.5) is 0 Å². The van der Waals surface area contributed by atoms with Crippen LogP contribution in [-0.2, 0) is 11.2 Å². The van der Waals surface area contributed by atoms with E-state index in [0.29, 0.717) is 5.92 Å². The quantitative estimate of drug-likeness (QED) is 0.832. The molecular formula is C12H18N2OS. The Kier molecular flexibility index (Phi) is 3.96. The Morgan fingerprint density at radius 1 is 1.69 bits per heavy atom. The third-order valence-corrected chi connectivity index (χ3v) is 4.00. The van der Waals surface area contributed by atoms with E-state index in [4.69, 9.17) is 0 Å². The van der Waals surface area contributed by atoms with Crippen LogP contribution in [0.1, 0.15) is 18.2 Å². The van der Waals surface area contributed by atoms with Gasteiger partial charge in [0, 0.05) is 11.4 Å². The van der Waals surface area contributed by atoms with Crippen molar-refractivity contribution in [3.63, 3.8) is 0 Å². The summed E-state index contributed by atoms with van der Waals surface area (Å²) in [5.74, 6) is 0.614. The standard InChI is InChI=1S/C12H18N2OS/c1-9-4-6-13-11(9)12(15)14-7-5-10-3-2-8-16-10/h2-3,8-9,11,13H,4-7H2,1H3,(H,14,15). The van der Waals surface area contributed by atoms with E-state index in [1.54, 1.807) is 11.3 Å². The summed E-state index contributed by atoms with van der Waals surface area (Å²) < 4.78 is 0. The molecule has 0 aliphatic carbocycles. The van der Waals surface area contributed by atoms with Gasteiger partial charge in [0.2, 0.25) is 5.91 Å². The maximum Gasteiger partial charge on any atom is 0.237 e. The zero-order valence-corrected chi connectivity index (χ0v) is 10.3. The highest BCUT2D eigenvalue weighted by molar-refractivity contribution is 7.09. The minimum Gasteiger partial charge on any atom is -0.354 e. The van der Waals surface area contributed by atoms with E-state index >= 15 is 0 Å². The van der Waals surface area contributed by atoms with Gasteiger partial charge in [0.05, 0.1) is 6.04 Å². The Labute approximate surface area is 100 Å². The van der Waals surface area contributed by atoms with Crippen LogP contribution in [0, 0.1) is 5.92 Å². The lowest BCUT2D eigenvalue weighted by atomic mass is 10.0. The molecule has 0 bridgehead atoms. The van der Waals surface area contributed by atoms with Crippen LogP contribution in [0.15, 0.2) is 17.5 Å². The molecule has 0 aromatic carbocycles. The van der Waals surface area contributed by atoms with Gasteiger partial charge in [-0.1, -0.05) is 13.0 Å². The summed E-state index contributed by atoms with van der Waals surface area (Å²) in [5, 5.41) is 8.31. The molecule has 88 valence electrons. The van der Waals surface area contributed by atoms with Crippen LogP contribution in [0.25, 0.3) is 0 Å². The number of carbonyl (C=O) groups excluding carboxylic acids is 1. The summed E-state index contributed by atoms with van der Waals surface area (Å²) in [6.07, 6.45) is 2.04. The first kappa shape index (κ1) is 11.6. The summed E-state index contributed by atoms with van der Waals surface area (Å²) >= 11 is 1.74. The molecule has 4 heteroatoms. The molecule has 0 spiro atoms. The van der Waals surface area contributed by atoms with E-state index in [2.05, 4.69) is 29.0 Å². The molecule has 1 aliphatic heterocycles. The summed E-state index contributed by atoms with van der Waals surface area (Å²) in [6.45, 7) is 3.83. The number of rotatable bonds is 4. The second kappa shape index (κ2) is 5.46. The SMILES string of the molecule is CC1CCNC1C(=O)NCCc1cccs1. The van der Waals surface area contributed by atoms with Crippen molar-refractivity contribution in [3.05, 3.63) is 22.4 Å². The fraction of sp³-hybridized carbons (Fsp3) is 0.583. The minimum atomic E-state index is 0.0170. The maximum absolute atomic E-state index is 11.8. The van der Waals surface area contributed by atoms with E-state index in [9.17, 15) is 4.79 Å². The van der Waals surface area contributed by atoms with Crippen molar-refractivity contribution in [3.8, 4) is 0 Å². The average molecular weight is 238 g/mol. The second-order valence-electron chi connectivity index (χ2n) is 4.32. The van der Waals surface area contributed by atoms with Crippen molar-refractivity contribution in [2.24, 2.45) is 5.92 Å². The molecule has 2 rings (SSSR count). The number of hydrogen-bond acceptors (Lipinski definition) is 3. The summed E-state index contributed by atoms with van der Waals surface area (Å²) in [7, 11) is 0. The number of thiophene rings is 1. The molecule has 2 unspecified atom stereocenters. The van der Waals surface area contributed by atoms with Crippen molar-refractivity contribution in [2.45, 2.75) is 25.8 Å². The monoisotopic (exact) mass is 238 g/mol. The van der Waals surface area contributed by atoms with Crippen LogP contribution < -0.4 is 10.6 Å². The van der Waals surface area contributed by atoms with Crippen molar-refractivity contribution >= 4 is 17.2 Å². The van der Waals surface area contributed by atoms with Gasteiger partial charge >= 0.3 is 0 Å². The smallest absolute Gasteiger partial charge is 0.237 e. The van der Waals surface area contributed by atoms with Crippen LogP contribution in [0.5, 0.6) is 0 Å². The summed E-state index contributed by atoms with van der Waals surface area (Å²) in [5.41, 5.74) is 0. The highest BCUT2D eigenvalue weighted by Gasteiger charge is 2.28. The normalized spacial score (nSPS) is 24.6. The molecule has 2 heterocycles. The average Bonchev–Trinajstić information content (AvgIpc) is 2.88. The largest absolute Gasteiger partial charge is 0.354 e. The molecule has 0 radical (unpaired) electrons. The van der Waals surface area contributed by atoms with E-state index in [0.717, 1.165) is 25.9 Å².